The highest BCUT2D eigenvalue weighted by Gasteiger charge is 2.28. The van der Waals surface area contributed by atoms with Crippen LogP contribution in [-0.2, 0) is 13.6 Å². The lowest BCUT2D eigenvalue weighted by atomic mass is 10.1. The summed E-state index contributed by atoms with van der Waals surface area (Å²) in [5.41, 5.74) is 2.60. The van der Waals surface area contributed by atoms with Gasteiger partial charge in [-0.25, -0.2) is 9.97 Å². The van der Waals surface area contributed by atoms with Gasteiger partial charge in [0, 0.05) is 35.8 Å². The zero-order chi connectivity index (χ0) is 18.8. The SMILES string of the molecule is Cn1cnc(CN2CCC[C@H]2c2csc(NC(=O)c3cccc(Cl)c3)n2)c1. The minimum absolute atomic E-state index is 0.199. The Labute approximate surface area is 166 Å². The molecule has 1 saturated heterocycles. The quantitative estimate of drug-likeness (QED) is 0.698. The summed E-state index contributed by atoms with van der Waals surface area (Å²) in [5.74, 6) is -0.199. The molecule has 3 aromatic rings. The molecule has 3 heterocycles. The normalized spacial score (nSPS) is 17.3. The predicted molar refractivity (Wildman–Crippen MR) is 107 cm³/mol. The van der Waals surface area contributed by atoms with Gasteiger partial charge in [0.2, 0.25) is 0 Å². The fourth-order valence-electron chi connectivity index (χ4n) is 3.40. The van der Waals surface area contributed by atoms with Crippen LogP contribution in [0.3, 0.4) is 0 Å². The number of aromatic nitrogens is 3. The molecule has 1 amide bonds. The second-order valence-corrected chi connectivity index (χ2v) is 8.00. The molecule has 1 atom stereocenters. The first-order chi connectivity index (χ1) is 13.1. The van der Waals surface area contributed by atoms with Crippen LogP contribution >= 0.6 is 22.9 Å². The summed E-state index contributed by atoms with van der Waals surface area (Å²) < 4.78 is 1.97. The number of nitrogens with zero attached hydrogens (tertiary/aromatic N) is 4. The first kappa shape index (κ1) is 18.2. The minimum Gasteiger partial charge on any atom is -0.340 e. The highest BCUT2D eigenvalue weighted by atomic mass is 35.5. The molecule has 6 nitrogen and oxygen atoms in total. The number of benzene rings is 1. The van der Waals surface area contributed by atoms with E-state index in [1.54, 1.807) is 24.3 Å². The van der Waals surface area contributed by atoms with Gasteiger partial charge in [0.1, 0.15) is 0 Å². The van der Waals surface area contributed by atoms with Crippen LogP contribution in [0, 0.1) is 0 Å². The number of hydrogen-bond acceptors (Lipinski definition) is 5. The minimum atomic E-state index is -0.199. The molecule has 1 aromatic carbocycles. The Morgan fingerprint density at radius 3 is 3.11 bits per heavy atom. The summed E-state index contributed by atoms with van der Waals surface area (Å²) in [4.78, 5) is 23.9. The molecule has 2 aromatic heterocycles. The molecule has 0 radical (unpaired) electrons. The molecule has 0 aliphatic carbocycles. The lowest BCUT2D eigenvalue weighted by Crippen LogP contribution is -2.23. The monoisotopic (exact) mass is 401 g/mol. The van der Waals surface area contributed by atoms with E-state index in [1.165, 1.54) is 11.3 Å². The van der Waals surface area contributed by atoms with Crippen LogP contribution < -0.4 is 5.32 Å². The summed E-state index contributed by atoms with van der Waals surface area (Å²) >= 11 is 7.41. The van der Waals surface area contributed by atoms with Gasteiger partial charge < -0.3 is 4.57 Å². The van der Waals surface area contributed by atoms with Crippen molar-refractivity contribution in [3.8, 4) is 0 Å². The molecule has 1 N–H and O–H groups in total. The van der Waals surface area contributed by atoms with Gasteiger partial charge >= 0.3 is 0 Å². The predicted octanol–water partition coefficient (Wildman–Crippen LogP) is 4.12. The number of aryl methyl sites for hydroxylation is 1. The zero-order valence-corrected chi connectivity index (χ0v) is 16.5. The van der Waals surface area contributed by atoms with Gasteiger partial charge in [-0.05, 0) is 37.6 Å². The van der Waals surface area contributed by atoms with Crippen LogP contribution in [0.1, 0.15) is 40.6 Å². The van der Waals surface area contributed by atoms with Crippen molar-refractivity contribution in [1.29, 1.82) is 0 Å². The number of thiazole rings is 1. The molecule has 0 bridgehead atoms. The zero-order valence-electron chi connectivity index (χ0n) is 14.9. The molecule has 1 aliphatic heterocycles. The van der Waals surface area contributed by atoms with E-state index >= 15 is 0 Å². The Morgan fingerprint density at radius 1 is 1.44 bits per heavy atom. The van der Waals surface area contributed by atoms with E-state index in [-0.39, 0.29) is 11.9 Å². The third-order valence-corrected chi connectivity index (χ3v) is 5.67. The molecule has 8 heteroatoms. The summed E-state index contributed by atoms with van der Waals surface area (Å²) in [6, 6.07) is 7.16. The maximum absolute atomic E-state index is 12.4. The molecule has 140 valence electrons. The number of anilines is 1. The van der Waals surface area contributed by atoms with Gasteiger partial charge in [-0.15, -0.1) is 11.3 Å². The Hall–Kier alpha value is -2.22. The Morgan fingerprint density at radius 2 is 2.33 bits per heavy atom. The van der Waals surface area contributed by atoms with Crippen molar-refractivity contribution in [2.45, 2.75) is 25.4 Å². The number of halogens is 1. The molecule has 27 heavy (non-hydrogen) atoms. The van der Waals surface area contributed by atoms with Crippen molar-refractivity contribution in [2.24, 2.45) is 7.05 Å². The standard InChI is InChI=1S/C19H20ClN5OS/c1-24-9-15(21-12-24)10-25-7-3-6-17(25)16-11-27-19(22-16)23-18(26)13-4-2-5-14(20)8-13/h2,4-5,8-9,11-12,17H,3,6-7,10H2,1H3,(H,22,23,26)/t17-/m0/s1. The molecule has 0 saturated carbocycles. The number of carbonyl (C=O) groups excluding carboxylic acids is 1. The van der Waals surface area contributed by atoms with Crippen molar-refractivity contribution in [3.05, 3.63) is 64.1 Å². The number of amides is 1. The van der Waals surface area contributed by atoms with Gasteiger partial charge in [0.05, 0.1) is 23.8 Å². The van der Waals surface area contributed by atoms with Crippen LogP contribution in [0.2, 0.25) is 5.02 Å². The fraction of sp³-hybridized carbons (Fsp3) is 0.316. The van der Waals surface area contributed by atoms with E-state index in [0.717, 1.165) is 37.3 Å². The molecule has 4 rings (SSSR count). The average Bonchev–Trinajstić information content (AvgIpc) is 3.37. The highest BCUT2D eigenvalue weighted by Crippen LogP contribution is 2.34. The van der Waals surface area contributed by atoms with Crippen molar-refractivity contribution in [2.75, 3.05) is 11.9 Å². The third kappa shape index (κ3) is 4.21. The molecule has 0 unspecified atom stereocenters. The summed E-state index contributed by atoms with van der Waals surface area (Å²) in [7, 11) is 1.98. The maximum atomic E-state index is 12.4. The second kappa shape index (κ2) is 7.80. The van der Waals surface area contributed by atoms with E-state index < -0.39 is 0 Å². The number of carbonyl (C=O) groups is 1. The lowest BCUT2D eigenvalue weighted by Gasteiger charge is -2.21. The lowest BCUT2D eigenvalue weighted by molar-refractivity contribution is 0.102. The van der Waals surface area contributed by atoms with E-state index in [2.05, 4.69) is 20.2 Å². The van der Waals surface area contributed by atoms with Crippen LogP contribution in [0.5, 0.6) is 0 Å². The summed E-state index contributed by atoms with van der Waals surface area (Å²) in [6.07, 6.45) is 6.08. The first-order valence-electron chi connectivity index (χ1n) is 8.82. The van der Waals surface area contributed by atoms with Gasteiger partial charge in [0.15, 0.2) is 5.13 Å². The van der Waals surface area contributed by atoms with Crippen LogP contribution in [0.4, 0.5) is 5.13 Å². The van der Waals surface area contributed by atoms with Crippen molar-refractivity contribution < 1.29 is 4.79 Å². The third-order valence-electron chi connectivity index (χ3n) is 4.66. The number of hydrogen-bond donors (Lipinski definition) is 1. The molecular weight excluding hydrogens is 382 g/mol. The largest absolute Gasteiger partial charge is 0.340 e. The first-order valence-corrected chi connectivity index (χ1v) is 10.1. The van der Waals surface area contributed by atoms with Crippen LogP contribution in [-0.4, -0.2) is 31.9 Å². The van der Waals surface area contributed by atoms with Crippen LogP contribution in [0.15, 0.2) is 42.2 Å². The Balaban J connectivity index is 1.44. The van der Waals surface area contributed by atoms with Crippen LogP contribution in [0.25, 0.3) is 0 Å². The smallest absolute Gasteiger partial charge is 0.257 e. The Bertz CT molecular complexity index is 953. The van der Waals surface area contributed by atoms with E-state index in [4.69, 9.17) is 11.6 Å². The number of imidazole rings is 1. The molecule has 1 aliphatic rings. The van der Waals surface area contributed by atoms with Gasteiger partial charge in [-0.1, -0.05) is 17.7 Å². The fourth-order valence-corrected chi connectivity index (χ4v) is 4.34. The van der Waals surface area contributed by atoms with Crippen molar-refractivity contribution >= 4 is 34.0 Å². The van der Waals surface area contributed by atoms with Gasteiger partial charge in [-0.3, -0.25) is 15.0 Å². The van der Waals surface area contributed by atoms with E-state index in [1.807, 2.05) is 29.5 Å². The topological polar surface area (TPSA) is 63.1 Å². The summed E-state index contributed by atoms with van der Waals surface area (Å²) in [5, 5.41) is 6.06. The molecule has 0 spiro atoms. The van der Waals surface area contributed by atoms with E-state index in [9.17, 15) is 4.79 Å². The average molecular weight is 402 g/mol. The van der Waals surface area contributed by atoms with E-state index in [0.29, 0.717) is 15.7 Å². The maximum Gasteiger partial charge on any atom is 0.257 e. The number of likely N-dealkylation sites (tertiary alicyclic amines) is 1. The highest BCUT2D eigenvalue weighted by molar-refractivity contribution is 7.14. The van der Waals surface area contributed by atoms with Gasteiger partial charge in [-0.2, -0.15) is 0 Å². The Kier molecular flexibility index (Phi) is 5.24. The molecular formula is C19H20ClN5OS. The summed E-state index contributed by atoms with van der Waals surface area (Å²) in [6.45, 7) is 1.84. The van der Waals surface area contributed by atoms with Crippen molar-refractivity contribution in [3.63, 3.8) is 0 Å². The molecule has 1 fully saturated rings. The van der Waals surface area contributed by atoms with Crippen molar-refractivity contribution in [1.82, 2.24) is 19.4 Å². The second-order valence-electron chi connectivity index (χ2n) is 6.70. The number of nitrogens with one attached hydrogen (secondary N) is 1. The van der Waals surface area contributed by atoms with Gasteiger partial charge in [0.25, 0.3) is 5.91 Å². The number of rotatable bonds is 5.